The van der Waals surface area contributed by atoms with Crippen LogP contribution >= 0.6 is 0 Å². The number of allylic oxidation sites excluding steroid dienone is 2. The standard InChI is InChI=1S/C20H22N2O2S/c21-25(23,24)16-8-6-15(7-9-16)17-13-20(10-2-3-11-20)14-18(17)19-5-1-4-12-22-19/h1,4-9,12H,2-3,10-11,13-14H2,(H2,21,23,24). The number of aromatic nitrogens is 1. The monoisotopic (exact) mass is 354 g/mol. The lowest BCUT2D eigenvalue weighted by Gasteiger charge is -2.23. The van der Waals surface area contributed by atoms with E-state index >= 15 is 0 Å². The molecular formula is C20H22N2O2S. The molecule has 0 unspecified atom stereocenters. The third kappa shape index (κ3) is 3.14. The van der Waals surface area contributed by atoms with Crippen molar-refractivity contribution >= 4 is 21.2 Å². The van der Waals surface area contributed by atoms with Gasteiger partial charge in [-0.15, -0.1) is 0 Å². The van der Waals surface area contributed by atoms with Crippen LogP contribution in [0.4, 0.5) is 0 Å². The molecule has 0 aliphatic heterocycles. The Kier molecular flexibility index (Phi) is 4.01. The summed E-state index contributed by atoms with van der Waals surface area (Å²) in [7, 11) is -3.66. The van der Waals surface area contributed by atoms with E-state index in [1.54, 1.807) is 12.1 Å². The van der Waals surface area contributed by atoms with Crippen LogP contribution in [-0.2, 0) is 10.0 Å². The van der Waals surface area contributed by atoms with Gasteiger partial charge in [0.1, 0.15) is 0 Å². The maximum atomic E-state index is 11.5. The molecule has 2 aliphatic rings. The van der Waals surface area contributed by atoms with Crippen LogP contribution in [0.1, 0.15) is 49.8 Å². The molecule has 0 radical (unpaired) electrons. The summed E-state index contributed by atoms with van der Waals surface area (Å²) in [5.74, 6) is 0. The smallest absolute Gasteiger partial charge is 0.238 e. The Labute approximate surface area is 148 Å². The Balaban J connectivity index is 1.77. The van der Waals surface area contributed by atoms with Crippen molar-refractivity contribution in [1.82, 2.24) is 4.98 Å². The van der Waals surface area contributed by atoms with Crippen LogP contribution < -0.4 is 5.14 Å². The highest BCUT2D eigenvalue weighted by molar-refractivity contribution is 7.89. The van der Waals surface area contributed by atoms with Gasteiger partial charge in [0.2, 0.25) is 10.0 Å². The zero-order valence-corrected chi connectivity index (χ0v) is 14.9. The number of rotatable bonds is 3. The molecule has 1 spiro atoms. The summed E-state index contributed by atoms with van der Waals surface area (Å²) in [5.41, 5.74) is 5.10. The van der Waals surface area contributed by atoms with Gasteiger partial charge < -0.3 is 0 Å². The van der Waals surface area contributed by atoms with Crippen LogP contribution in [0.25, 0.3) is 11.1 Å². The molecular weight excluding hydrogens is 332 g/mol. The van der Waals surface area contributed by atoms with E-state index in [9.17, 15) is 8.42 Å². The third-order valence-electron chi connectivity index (χ3n) is 5.64. The highest BCUT2D eigenvalue weighted by atomic mass is 32.2. The normalized spacial score (nSPS) is 19.7. The molecule has 2 aromatic rings. The van der Waals surface area contributed by atoms with Crippen LogP contribution in [0.15, 0.2) is 53.6 Å². The van der Waals surface area contributed by atoms with Crippen LogP contribution in [0.2, 0.25) is 0 Å². The van der Waals surface area contributed by atoms with Gasteiger partial charge in [-0.3, -0.25) is 4.98 Å². The second kappa shape index (κ2) is 6.07. The van der Waals surface area contributed by atoms with Crippen molar-refractivity contribution in [3.05, 3.63) is 59.9 Å². The Hall–Kier alpha value is -1.98. The second-order valence-electron chi connectivity index (χ2n) is 7.30. The molecule has 1 fully saturated rings. The fourth-order valence-corrected chi connectivity index (χ4v) is 4.93. The number of pyridine rings is 1. The predicted molar refractivity (Wildman–Crippen MR) is 99.0 cm³/mol. The Morgan fingerprint density at radius 1 is 0.920 bits per heavy atom. The van der Waals surface area contributed by atoms with E-state index in [1.807, 2.05) is 30.5 Å². The zero-order valence-electron chi connectivity index (χ0n) is 14.1. The minimum atomic E-state index is -3.66. The summed E-state index contributed by atoms with van der Waals surface area (Å²) in [5, 5.41) is 5.22. The summed E-state index contributed by atoms with van der Waals surface area (Å²) in [4.78, 5) is 4.73. The van der Waals surface area contributed by atoms with Gasteiger partial charge in [0.05, 0.1) is 10.6 Å². The van der Waals surface area contributed by atoms with Gasteiger partial charge in [-0.05, 0) is 72.1 Å². The van der Waals surface area contributed by atoms with E-state index in [0.29, 0.717) is 5.41 Å². The van der Waals surface area contributed by atoms with Crippen molar-refractivity contribution in [3.63, 3.8) is 0 Å². The maximum absolute atomic E-state index is 11.5. The largest absolute Gasteiger partial charge is 0.257 e. The van der Waals surface area contributed by atoms with Crippen molar-refractivity contribution in [2.75, 3.05) is 0 Å². The van der Waals surface area contributed by atoms with Gasteiger partial charge in [0.15, 0.2) is 0 Å². The van der Waals surface area contributed by atoms with E-state index in [4.69, 9.17) is 5.14 Å². The molecule has 130 valence electrons. The molecule has 1 heterocycles. The van der Waals surface area contributed by atoms with Gasteiger partial charge >= 0.3 is 0 Å². The predicted octanol–water partition coefficient (Wildman–Crippen LogP) is 3.99. The molecule has 25 heavy (non-hydrogen) atoms. The molecule has 0 atom stereocenters. The van der Waals surface area contributed by atoms with E-state index in [2.05, 4.69) is 11.1 Å². The highest BCUT2D eigenvalue weighted by Crippen LogP contribution is 2.57. The number of nitrogens with two attached hydrogens (primary N) is 1. The van der Waals surface area contributed by atoms with Gasteiger partial charge in [-0.1, -0.05) is 31.0 Å². The molecule has 1 aromatic heterocycles. The average molecular weight is 354 g/mol. The molecule has 1 saturated carbocycles. The minimum absolute atomic E-state index is 0.157. The van der Waals surface area contributed by atoms with Crippen molar-refractivity contribution < 1.29 is 8.42 Å². The van der Waals surface area contributed by atoms with E-state index < -0.39 is 10.0 Å². The van der Waals surface area contributed by atoms with Gasteiger partial charge in [0, 0.05) is 6.20 Å². The van der Waals surface area contributed by atoms with Gasteiger partial charge in [-0.25, -0.2) is 13.6 Å². The Bertz CT molecular complexity index is 910. The lowest BCUT2D eigenvalue weighted by molar-refractivity contribution is 0.329. The maximum Gasteiger partial charge on any atom is 0.238 e. The molecule has 1 aromatic carbocycles. The molecule has 0 amide bonds. The highest BCUT2D eigenvalue weighted by Gasteiger charge is 2.41. The zero-order chi connectivity index (χ0) is 17.5. The number of benzene rings is 1. The van der Waals surface area contributed by atoms with E-state index in [0.717, 1.165) is 24.1 Å². The summed E-state index contributed by atoms with van der Waals surface area (Å²) < 4.78 is 23.0. The first-order valence-electron chi connectivity index (χ1n) is 8.74. The first kappa shape index (κ1) is 16.5. The van der Waals surface area contributed by atoms with Crippen molar-refractivity contribution in [2.45, 2.75) is 43.4 Å². The molecule has 4 nitrogen and oxygen atoms in total. The van der Waals surface area contributed by atoms with Crippen LogP contribution in [0.5, 0.6) is 0 Å². The van der Waals surface area contributed by atoms with Gasteiger partial charge in [-0.2, -0.15) is 0 Å². The SMILES string of the molecule is NS(=O)(=O)c1ccc(C2=C(c3ccccn3)CC3(CCCC3)C2)cc1. The van der Waals surface area contributed by atoms with Crippen molar-refractivity contribution in [1.29, 1.82) is 0 Å². The lowest BCUT2D eigenvalue weighted by atomic mass is 9.81. The number of hydrogen-bond donors (Lipinski definition) is 1. The van der Waals surface area contributed by atoms with Gasteiger partial charge in [0.25, 0.3) is 0 Å². The van der Waals surface area contributed by atoms with E-state index in [-0.39, 0.29) is 4.90 Å². The summed E-state index contributed by atoms with van der Waals surface area (Å²) >= 11 is 0. The van der Waals surface area contributed by atoms with Crippen LogP contribution in [-0.4, -0.2) is 13.4 Å². The Morgan fingerprint density at radius 3 is 2.20 bits per heavy atom. The quantitative estimate of drug-likeness (QED) is 0.905. The molecule has 5 heteroatoms. The molecule has 2 aliphatic carbocycles. The number of sulfonamides is 1. The summed E-state index contributed by atoms with van der Waals surface area (Å²) in [6.07, 6.45) is 9.08. The Morgan fingerprint density at radius 2 is 1.60 bits per heavy atom. The average Bonchev–Trinajstić information content (AvgIpc) is 3.23. The first-order valence-corrected chi connectivity index (χ1v) is 10.3. The number of primary sulfonamides is 1. The van der Waals surface area contributed by atoms with Crippen LogP contribution in [0.3, 0.4) is 0 Å². The molecule has 4 rings (SSSR count). The fourth-order valence-electron chi connectivity index (χ4n) is 4.41. The summed E-state index contributed by atoms with van der Waals surface area (Å²) in [6, 6.07) is 13.0. The fraction of sp³-hybridized carbons (Fsp3) is 0.350. The van der Waals surface area contributed by atoms with Crippen molar-refractivity contribution in [2.24, 2.45) is 10.6 Å². The third-order valence-corrected chi connectivity index (χ3v) is 6.57. The van der Waals surface area contributed by atoms with E-state index in [1.165, 1.54) is 36.8 Å². The lowest BCUT2D eigenvalue weighted by Crippen LogP contribution is -2.12. The number of nitrogens with zero attached hydrogens (tertiary/aromatic N) is 1. The number of hydrogen-bond acceptors (Lipinski definition) is 3. The minimum Gasteiger partial charge on any atom is -0.257 e. The van der Waals surface area contributed by atoms with Crippen LogP contribution in [0, 0.1) is 5.41 Å². The summed E-state index contributed by atoms with van der Waals surface area (Å²) in [6.45, 7) is 0. The topological polar surface area (TPSA) is 73.1 Å². The van der Waals surface area contributed by atoms with Crippen molar-refractivity contribution in [3.8, 4) is 0 Å². The molecule has 2 N–H and O–H groups in total. The molecule has 0 saturated heterocycles. The first-order chi connectivity index (χ1) is 12.0. The second-order valence-corrected chi connectivity index (χ2v) is 8.86. The molecule has 0 bridgehead atoms.